The van der Waals surface area contributed by atoms with Crippen molar-refractivity contribution in [3.63, 3.8) is 0 Å². The van der Waals surface area contributed by atoms with Crippen molar-refractivity contribution in [3.05, 3.63) is 60.2 Å². The van der Waals surface area contributed by atoms with Crippen LogP contribution in [-0.4, -0.2) is 36.1 Å². The molecule has 2 aliphatic rings. The monoisotopic (exact) mass is 506 g/mol. The number of amides is 1. The molecule has 1 saturated carbocycles. The Kier molecular flexibility index (Phi) is 12.8. The molecule has 0 aromatic heterocycles. The Balaban J connectivity index is 1.35. The predicted molar refractivity (Wildman–Crippen MR) is 150 cm³/mol. The lowest BCUT2D eigenvalue weighted by atomic mass is 9.90. The third-order valence-electron chi connectivity index (χ3n) is 7.87. The maximum atomic E-state index is 13.2. The van der Waals surface area contributed by atoms with E-state index in [2.05, 4.69) is 17.6 Å². The van der Waals surface area contributed by atoms with Crippen LogP contribution in [0.1, 0.15) is 102 Å². The maximum absolute atomic E-state index is 13.2. The molecule has 2 fully saturated rings. The topological polar surface area (TPSA) is 75.3 Å². The van der Waals surface area contributed by atoms with Gasteiger partial charge in [0, 0.05) is 31.3 Å². The van der Waals surface area contributed by atoms with Crippen LogP contribution >= 0.6 is 0 Å². The van der Waals surface area contributed by atoms with Crippen LogP contribution in [0.5, 0.6) is 0 Å². The highest BCUT2D eigenvalue weighted by atomic mass is 16.2. The van der Waals surface area contributed by atoms with Crippen LogP contribution in [0.3, 0.4) is 0 Å². The van der Waals surface area contributed by atoms with E-state index in [0.717, 1.165) is 50.5 Å². The molecule has 3 rings (SSSR count). The predicted octanol–water partition coefficient (Wildman–Crippen LogP) is 6.21. The van der Waals surface area contributed by atoms with Gasteiger partial charge in [0.15, 0.2) is 5.78 Å². The minimum absolute atomic E-state index is 0.0353. The molecule has 1 amide bonds. The summed E-state index contributed by atoms with van der Waals surface area (Å²) in [6.07, 6.45) is 12.4. The number of Topliss-reactive ketones (excluding diaryl/α,β-unsaturated/α-hetero) is 2. The first-order chi connectivity index (χ1) is 18.1. The van der Waals surface area contributed by atoms with Crippen LogP contribution in [0.4, 0.5) is 0 Å². The fourth-order valence-corrected chi connectivity index (χ4v) is 5.74. The van der Waals surface area contributed by atoms with Crippen molar-refractivity contribution in [3.8, 4) is 0 Å². The average Bonchev–Trinajstić information content (AvgIpc) is 3.25. The van der Waals surface area contributed by atoms with E-state index in [9.17, 15) is 14.4 Å². The number of nitrogens with one attached hydrogen (secondary N) is 2. The van der Waals surface area contributed by atoms with Gasteiger partial charge < -0.3 is 10.6 Å². The third-order valence-corrected chi connectivity index (χ3v) is 7.87. The summed E-state index contributed by atoms with van der Waals surface area (Å²) < 4.78 is 0. The zero-order chi connectivity index (χ0) is 26.3. The van der Waals surface area contributed by atoms with E-state index in [0.29, 0.717) is 19.4 Å². The first-order valence-corrected chi connectivity index (χ1v) is 14.5. The van der Waals surface area contributed by atoms with E-state index < -0.39 is 0 Å². The zero-order valence-electron chi connectivity index (χ0n) is 22.6. The van der Waals surface area contributed by atoms with Crippen molar-refractivity contribution in [2.45, 2.75) is 108 Å². The lowest BCUT2D eigenvalue weighted by Gasteiger charge is -2.14. The second-order valence-corrected chi connectivity index (χ2v) is 10.8. The van der Waals surface area contributed by atoms with Crippen molar-refractivity contribution < 1.29 is 14.4 Å². The molecule has 37 heavy (non-hydrogen) atoms. The first kappa shape index (κ1) is 29.0. The molecule has 5 heteroatoms. The number of ketones is 2. The minimum atomic E-state index is -0.151. The molecule has 1 aromatic rings. The highest BCUT2D eigenvalue weighted by Gasteiger charge is 2.39. The fraction of sp³-hybridized carbons (Fsp3) is 0.594. The molecule has 202 valence electrons. The molecular weight excluding hydrogens is 460 g/mol. The SMILES string of the molecule is CC1NC(CCCCNC(=O)CCC(=O)C2CCCCCCCC2)C(=O)C1c1ccccccccc1. The molecule has 1 aliphatic carbocycles. The Bertz CT molecular complexity index is 895. The molecule has 3 atom stereocenters. The van der Waals surface area contributed by atoms with Crippen molar-refractivity contribution >= 4 is 17.5 Å². The van der Waals surface area contributed by atoms with Crippen LogP contribution in [0.15, 0.2) is 54.6 Å². The Morgan fingerprint density at radius 3 is 2.08 bits per heavy atom. The number of carbonyl (C=O) groups excluding carboxylic acids is 3. The van der Waals surface area contributed by atoms with Crippen LogP contribution in [0.2, 0.25) is 0 Å². The van der Waals surface area contributed by atoms with Gasteiger partial charge in [0.05, 0.1) is 12.0 Å². The third kappa shape index (κ3) is 10.0. The van der Waals surface area contributed by atoms with E-state index >= 15 is 0 Å². The van der Waals surface area contributed by atoms with Crippen LogP contribution < -0.4 is 10.6 Å². The molecule has 1 heterocycles. The van der Waals surface area contributed by atoms with Gasteiger partial charge in [-0.2, -0.15) is 0 Å². The van der Waals surface area contributed by atoms with E-state index in [1.807, 2.05) is 54.6 Å². The smallest absolute Gasteiger partial charge is 0.220 e. The van der Waals surface area contributed by atoms with Crippen molar-refractivity contribution in [1.82, 2.24) is 10.6 Å². The molecule has 1 aliphatic heterocycles. The van der Waals surface area contributed by atoms with Gasteiger partial charge in [-0.05, 0) is 44.6 Å². The van der Waals surface area contributed by atoms with Crippen molar-refractivity contribution in [2.24, 2.45) is 5.92 Å². The molecule has 0 spiro atoms. The first-order valence-electron chi connectivity index (χ1n) is 14.5. The number of carbonyl (C=O) groups is 3. The summed E-state index contributed by atoms with van der Waals surface area (Å²) in [5.41, 5.74) is 1.03. The second kappa shape index (κ2) is 16.3. The summed E-state index contributed by atoms with van der Waals surface area (Å²) in [5.74, 6) is 0.491. The van der Waals surface area contributed by atoms with E-state index in [1.165, 1.54) is 25.7 Å². The summed E-state index contributed by atoms with van der Waals surface area (Å²) >= 11 is 0. The number of hydrogen-bond donors (Lipinski definition) is 2. The summed E-state index contributed by atoms with van der Waals surface area (Å²) in [6.45, 7) is 2.67. The lowest BCUT2D eigenvalue weighted by Crippen LogP contribution is -2.30. The Hall–Kier alpha value is -2.53. The van der Waals surface area contributed by atoms with Gasteiger partial charge in [-0.25, -0.2) is 0 Å². The standard InChI is InChI=1S/C32H46N2O3/c1-25-31(27-19-13-9-3-2-4-10-14-20-27)32(37)28(34-25)21-15-16-24-33-30(36)23-22-29(35)26-17-11-7-5-6-8-12-18-26/h2-4,9-10,13-14,19-20,25-26,28,31,34H,5-8,11-12,15-18,21-24H2,1H3,(H,33,36). The maximum Gasteiger partial charge on any atom is 0.220 e. The normalized spacial score (nSPS) is 22.8. The molecule has 1 saturated heterocycles. The van der Waals surface area contributed by atoms with Crippen LogP contribution in [0, 0.1) is 5.92 Å². The zero-order valence-corrected chi connectivity index (χ0v) is 22.6. The molecule has 2 N–H and O–H groups in total. The van der Waals surface area contributed by atoms with E-state index in [4.69, 9.17) is 0 Å². The molecule has 3 unspecified atom stereocenters. The summed E-state index contributed by atoms with van der Waals surface area (Å²) in [7, 11) is 0. The second-order valence-electron chi connectivity index (χ2n) is 10.8. The van der Waals surface area contributed by atoms with E-state index in [-0.39, 0.29) is 41.4 Å². The van der Waals surface area contributed by atoms with Gasteiger partial charge in [-0.1, -0.05) is 93.1 Å². The van der Waals surface area contributed by atoms with Crippen molar-refractivity contribution in [2.75, 3.05) is 6.54 Å². The van der Waals surface area contributed by atoms with Crippen LogP contribution in [-0.2, 0) is 14.4 Å². The van der Waals surface area contributed by atoms with Crippen LogP contribution in [0.25, 0.3) is 0 Å². The molecular formula is C32H46N2O3. The molecule has 0 bridgehead atoms. The van der Waals surface area contributed by atoms with Gasteiger partial charge >= 0.3 is 0 Å². The Morgan fingerprint density at radius 1 is 0.838 bits per heavy atom. The van der Waals surface area contributed by atoms with Gasteiger partial charge in [-0.3, -0.25) is 14.4 Å². The minimum Gasteiger partial charge on any atom is -0.356 e. The van der Waals surface area contributed by atoms with Crippen molar-refractivity contribution in [1.29, 1.82) is 0 Å². The summed E-state index contributed by atoms with van der Waals surface area (Å²) in [6, 6.07) is 17.8. The Morgan fingerprint density at radius 2 is 1.43 bits per heavy atom. The quantitative estimate of drug-likeness (QED) is 0.370. The largest absolute Gasteiger partial charge is 0.356 e. The van der Waals surface area contributed by atoms with Gasteiger partial charge in [0.25, 0.3) is 0 Å². The molecule has 0 radical (unpaired) electrons. The summed E-state index contributed by atoms with van der Waals surface area (Å²) in [4.78, 5) is 38.1. The number of unbranched alkanes of at least 4 members (excludes halogenated alkanes) is 1. The molecule has 5 nitrogen and oxygen atoms in total. The van der Waals surface area contributed by atoms with Gasteiger partial charge in [0.1, 0.15) is 5.78 Å². The fourth-order valence-electron chi connectivity index (χ4n) is 5.74. The summed E-state index contributed by atoms with van der Waals surface area (Å²) in [5, 5.41) is 6.45. The van der Waals surface area contributed by atoms with E-state index in [1.54, 1.807) is 0 Å². The Labute approximate surface area is 223 Å². The lowest BCUT2D eigenvalue weighted by molar-refractivity contribution is -0.127. The molecule has 1 aromatic carbocycles. The average molecular weight is 507 g/mol. The highest BCUT2D eigenvalue weighted by molar-refractivity contribution is 5.93. The van der Waals surface area contributed by atoms with Gasteiger partial charge in [-0.15, -0.1) is 0 Å². The van der Waals surface area contributed by atoms with Gasteiger partial charge in [0.2, 0.25) is 5.91 Å². The highest BCUT2D eigenvalue weighted by Crippen LogP contribution is 2.29. The number of rotatable bonds is 10. The number of hydrogen-bond acceptors (Lipinski definition) is 4.